The van der Waals surface area contributed by atoms with Crippen molar-refractivity contribution in [3.8, 4) is 5.75 Å². The first kappa shape index (κ1) is 21.7. The molecule has 2 amide bonds. The maximum absolute atomic E-state index is 12.9. The number of nitrogens with two attached hydrogens (primary N) is 1. The Hall–Kier alpha value is -2.61. The van der Waals surface area contributed by atoms with Crippen LogP contribution in [0.4, 0.5) is 0 Å². The molecule has 0 bridgehead atoms. The minimum Gasteiger partial charge on any atom is -0.508 e. The van der Waals surface area contributed by atoms with Gasteiger partial charge < -0.3 is 26.2 Å². The van der Waals surface area contributed by atoms with Crippen molar-refractivity contribution in [2.75, 3.05) is 6.54 Å². The second kappa shape index (κ2) is 9.54. The number of carboxylic acid groups (broad SMARTS) is 1. The summed E-state index contributed by atoms with van der Waals surface area (Å²) in [5.74, 6) is -1.59. The summed E-state index contributed by atoms with van der Waals surface area (Å²) in [6.45, 7) is 4.24. The Balaban J connectivity index is 2.05. The van der Waals surface area contributed by atoms with Crippen molar-refractivity contribution in [1.82, 2.24) is 10.2 Å². The van der Waals surface area contributed by atoms with Crippen LogP contribution in [-0.4, -0.2) is 57.6 Å². The first-order chi connectivity index (χ1) is 13.2. The van der Waals surface area contributed by atoms with Crippen molar-refractivity contribution in [3.63, 3.8) is 0 Å². The molecule has 1 fully saturated rings. The minimum atomic E-state index is -1.02. The summed E-state index contributed by atoms with van der Waals surface area (Å²) in [4.78, 5) is 38.2. The van der Waals surface area contributed by atoms with Crippen LogP contribution < -0.4 is 11.1 Å². The summed E-state index contributed by atoms with van der Waals surface area (Å²) in [6, 6.07) is 3.89. The molecule has 1 aromatic carbocycles. The predicted molar refractivity (Wildman–Crippen MR) is 104 cm³/mol. The lowest BCUT2D eigenvalue weighted by Crippen LogP contribution is -2.55. The number of nitrogens with zero attached hydrogens (tertiary/aromatic N) is 1. The lowest BCUT2D eigenvalue weighted by molar-refractivity contribution is -0.149. The van der Waals surface area contributed by atoms with Crippen molar-refractivity contribution in [2.45, 2.75) is 57.7 Å². The molecule has 8 nitrogen and oxygen atoms in total. The third kappa shape index (κ3) is 5.69. The Labute approximate surface area is 164 Å². The van der Waals surface area contributed by atoms with Gasteiger partial charge in [-0.15, -0.1) is 0 Å². The summed E-state index contributed by atoms with van der Waals surface area (Å²) in [6.07, 6.45) is 1.71. The van der Waals surface area contributed by atoms with Gasteiger partial charge in [-0.05, 0) is 49.3 Å². The number of carboxylic acids is 1. The van der Waals surface area contributed by atoms with Crippen LogP contribution in [0, 0.1) is 5.92 Å². The van der Waals surface area contributed by atoms with E-state index in [1.807, 2.05) is 13.8 Å². The number of hydrogen-bond acceptors (Lipinski definition) is 5. The number of aliphatic carboxylic acids is 1. The molecule has 0 saturated carbocycles. The average Bonchev–Trinajstić information content (AvgIpc) is 3.12. The van der Waals surface area contributed by atoms with E-state index in [1.54, 1.807) is 12.1 Å². The van der Waals surface area contributed by atoms with E-state index in [9.17, 15) is 24.6 Å². The number of phenols is 1. The highest BCUT2D eigenvalue weighted by molar-refractivity contribution is 5.92. The Kier molecular flexibility index (Phi) is 7.39. The predicted octanol–water partition coefficient (Wildman–Crippen LogP) is 0.869. The second-order valence-corrected chi connectivity index (χ2v) is 7.70. The molecule has 154 valence electrons. The molecule has 3 atom stereocenters. The summed E-state index contributed by atoms with van der Waals surface area (Å²) in [5.41, 5.74) is 6.79. The van der Waals surface area contributed by atoms with E-state index in [0.29, 0.717) is 25.8 Å². The minimum absolute atomic E-state index is 0.128. The Bertz CT molecular complexity index is 704. The summed E-state index contributed by atoms with van der Waals surface area (Å²) < 4.78 is 0. The quantitative estimate of drug-likeness (QED) is 0.520. The zero-order chi connectivity index (χ0) is 20.8. The van der Waals surface area contributed by atoms with Crippen LogP contribution >= 0.6 is 0 Å². The lowest BCUT2D eigenvalue weighted by Gasteiger charge is -2.29. The van der Waals surface area contributed by atoms with Gasteiger partial charge in [-0.3, -0.25) is 9.59 Å². The van der Waals surface area contributed by atoms with E-state index in [1.165, 1.54) is 17.0 Å². The first-order valence-electron chi connectivity index (χ1n) is 9.56. The molecule has 0 aliphatic carbocycles. The fourth-order valence-electron chi connectivity index (χ4n) is 3.44. The molecule has 1 aliphatic rings. The molecule has 28 heavy (non-hydrogen) atoms. The Morgan fingerprint density at radius 1 is 1.25 bits per heavy atom. The topological polar surface area (TPSA) is 133 Å². The van der Waals surface area contributed by atoms with Crippen molar-refractivity contribution in [3.05, 3.63) is 29.8 Å². The Morgan fingerprint density at radius 2 is 1.89 bits per heavy atom. The molecule has 2 rings (SSSR count). The fourth-order valence-corrected chi connectivity index (χ4v) is 3.44. The number of hydrogen-bond donors (Lipinski definition) is 4. The van der Waals surface area contributed by atoms with Gasteiger partial charge in [0.25, 0.3) is 0 Å². The molecule has 1 aliphatic heterocycles. The third-order valence-electron chi connectivity index (χ3n) is 4.87. The van der Waals surface area contributed by atoms with Gasteiger partial charge in [0, 0.05) is 6.54 Å². The van der Waals surface area contributed by atoms with Gasteiger partial charge in [0.2, 0.25) is 11.8 Å². The van der Waals surface area contributed by atoms with Gasteiger partial charge in [0.1, 0.15) is 17.8 Å². The Morgan fingerprint density at radius 3 is 2.46 bits per heavy atom. The maximum Gasteiger partial charge on any atom is 0.326 e. The fraction of sp³-hybridized carbons (Fsp3) is 0.550. The average molecular weight is 391 g/mol. The zero-order valence-electron chi connectivity index (χ0n) is 16.3. The molecule has 0 unspecified atom stereocenters. The number of phenolic OH excluding ortho intramolecular Hbond substituents is 1. The smallest absolute Gasteiger partial charge is 0.326 e. The van der Waals surface area contributed by atoms with E-state index in [0.717, 1.165) is 5.56 Å². The molecular formula is C20H29N3O5. The second-order valence-electron chi connectivity index (χ2n) is 7.70. The molecule has 8 heteroatoms. The van der Waals surface area contributed by atoms with E-state index >= 15 is 0 Å². The zero-order valence-corrected chi connectivity index (χ0v) is 16.3. The van der Waals surface area contributed by atoms with E-state index in [-0.39, 0.29) is 24.0 Å². The molecule has 0 radical (unpaired) electrons. The van der Waals surface area contributed by atoms with Gasteiger partial charge in [-0.25, -0.2) is 4.79 Å². The summed E-state index contributed by atoms with van der Waals surface area (Å²) in [5, 5.41) is 21.4. The van der Waals surface area contributed by atoms with E-state index in [4.69, 9.17) is 5.73 Å². The van der Waals surface area contributed by atoms with E-state index in [2.05, 4.69) is 5.32 Å². The monoisotopic (exact) mass is 391 g/mol. The first-order valence-corrected chi connectivity index (χ1v) is 9.56. The van der Waals surface area contributed by atoms with Crippen LogP contribution in [0.15, 0.2) is 24.3 Å². The highest BCUT2D eigenvalue weighted by Gasteiger charge is 2.38. The maximum atomic E-state index is 12.9. The summed E-state index contributed by atoms with van der Waals surface area (Å²) in [7, 11) is 0. The van der Waals surface area contributed by atoms with Crippen molar-refractivity contribution < 1.29 is 24.6 Å². The van der Waals surface area contributed by atoms with Crippen LogP contribution in [0.25, 0.3) is 0 Å². The van der Waals surface area contributed by atoms with Gasteiger partial charge in [0.15, 0.2) is 0 Å². The largest absolute Gasteiger partial charge is 0.508 e. The standard InChI is InChI=1S/C20H29N3O5/c1-12(2)10-16(19(26)23-9-3-4-17(23)20(27)28)22-18(25)15(21)11-13-5-7-14(24)8-6-13/h5-8,12,15-17,24H,3-4,9-11,21H2,1-2H3,(H,22,25)(H,27,28)/t15-,16-,17+/m0/s1. The van der Waals surface area contributed by atoms with Crippen molar-refractivity contribution in [2.24, 2.45) is 11.7 Å². The highest BCUT2D eigenvalue weighted by Crippen LogP contribution is 2.20. The van der Waals surface area contributed by atoms with Crippen LogP contribution in [0.5, 0.6) is 5.75 Å². The molecule has 0 aromatic heterocycles. The molecule has 1 saturated heterocycles. The number of benzene rings is 1. The van der Waals surface area contributed by atoms with Crippen molar-refractivity contribution in [1.29, 1.82) is 0 Å². The SMILES string of the molecule is CC(C)C[C@H](NC(=O)[C@@H](N)Cc1ccc(O)cc1)C(=O)N1CCC[C@@H]1C(=O)O. The van der Waals surface area contributed by atoms with Crippen molar-refractivity contribution >= 4 is 17.8 Å². The molecule has 1 aromatic rings. The third-order valence-corrected chi connectivity index (χ3v) is 4.87. The van der Waals surface area contributed by atoms with Gasteiger partial charge in [-0.2, -0.15) is 0 Å². The highest BCUT2D eigenvalue weighted by atomic mass is 16.4. The number of nitrogens with one attached hydrogen (secondary N) is 1. The summed E-state index contributed by atoms with van der Waals surface area (Å²) >= 11 is 0. The van der Waals surface area contributed by atoms with Crippen LogP contribution in [-0.2, 0) is 20.8 Å². The van der Waals surface area contributed by atoms with Gasteiger partial charge in [0.05, 0.1) is 6.04 Å². The number of amides is 2. The number of likely N-dealkylation sites (tertiary alicyclic amines) is 1. The van der Waals surface area contributed by atoms with Crippen LogP contribution in [0.3, 0.4) is 0 Å². The normalized spacial score (nSPS) is 18.7. The molecule has 1 heterocycles. The van der Waals surface area contributed by atoms with E-state index < -0.39 is 30.0 Å². The molecule has 0 spiro atoms. The molecular weight excluding hydrogens is 362 g/mol. The number of rotatable bonds is 8. The number of carbonyl (C=O) groups excluding carboxylic acids is 2. The van der Waals surface area contributed by atoms with Crippen LogP contribution in [0.2, 0.25) is 0 Å². The van der Waals surface area contributed by atoms with Crippen LogP contribution in [0.1, 0.15) is 38.7 Å². The number of aromatic hydroxyl groups is 1. The molecule has 5 N–H and O–H groups in total. The lowest BCUT2D eigenvalue weighted by atomic mass is 10.0. The van der Waals surface area contributed by atoms with Gasteiger partial charge >= 0.3 is 5.97 Å². The number of carbonyl (C=O) groups is 3. The van der Waals surface area contributed by atoms with Gasteiger partial charge in [-0.1, -0.05) is 26.0 Å².